The van der Waals surface area contributed by atoms with Crippen molar-refractivity contribution in [2.75, 3.05) is 51.9 Å². The Hall–Kier alpha value is -6.56. The zero-order valence-electron chi connectivity index (χ0n) is 35.3. The summed E-state index contributed by atoms with van der Waals surface area (Å²) in [5.41, 5.74) is -2.09. The van der Waals surface area contributed by atoms with Gasteiger partial charge in [0.05, 0.1) is 31.8 Å². The smallest absolute Gasteiger partial charge is 0.326 e. The van der Waals surface area contributed by atoms with Gasteiger partial charge < -0.3 is 41.3 Å². The second-order valence-corrected chi connectivity index (χ2v) is 15.2. The van der Waals surface area contributed by atoms with Crippen molar-refractivity contribution in [3.8, 4) is 0 Å². The molecule has 0 radical (unpaired) electrons. The monoisotopic (exact) mass is 876 g/mol. The number of nitrogens with one attached hydrogen (secondary N) is 4. The van der Waals surface area contributed by atoms with E-state index in [4.69, 9.17) is 0 Å². The number of anilines is 2. The number of hydrogen-bond acceptors (Lipinski definition) is 16. The molecule has 6 N–H and O–H groups in total. The lowest BCUT2D eigenvalue weighted by Crippen LogP contribution is -2.30. The molecule has 0 aromatic heterocycles. The van der Waals surface area contributed by atoms with E-state index in [0.717, 1.165) is 12.1 Å². The standard InChI is InChI=1S/C38H56N10O14/c1-43(2)23-25-19-29(33(47(59)60)21-31(25)45(55)56)41-27(37(51)52)13-9-11-17-39-35(49)15-7-5-6-8-16-36(50)40-18-12-10-14-28(38(53)54)42-30-20-26(24-44(3)4)32(46(57)58)22-34(30)48(61)62/h19-22,27-28,41-42H,5-18,23-24H2,1-4H3,(H,39,49)(H,40,50)(H,51,52)(H,53,54). The number of rotatable bonds is 31. The van der Waals surface area contributed by atoms with Crippen LogP contribution < -0.4 is 21.3 Å². The molecule has 2 aromatic carbocycles. The van der Waals surface area contributed by atoms with Crippen LogP contribution in [0.4, 0.5) is 34.1 Å². The minimum absolute atomic E-state index is 0.0670. The van der Waals surface area contributed by atoms with Crippen molar-refractivity contribution >= 4 is 57.9 Å². The largest absolute Gasteiger partial charge is 0.480 e. The predicted octanol–water partition coefficient (Wildman–Crippen LogP) is 4.79. The van der Waals surface area contributed by atoms with Gasteiger partial charge in [-0.2, -0.15) is 0 Å². The molecule has 62 heavy (non-hydrogen) atoms. The average molecular weight is 877 g/mol. The minimum Gasteiger partial charge on any atom is -0.480 e. The number of carboxylic acid groups (broad SMARTS) is 2. The summed E-state index contributed by atoms with van der Waals surface area (Å²) in [6.07, 6.45) is 4.79. The Bertz CT molecular complexity index is 1790. The number of nitro benzene ring substituents is 4. The molecule has 2 atom stereocenters. The fourth-order valence-corrected chi connectivity index (χ4v) is 6.45. The van der Waals surface area contributed by atoms with E-state index in [1.807, 2.05) is 0 Å². The van der Waals surface area contributed by atoms with Gasteiger partial charge in [-0.1, -0.05) is 12.8 Å². The van der Waals surface area contributed by atoms with Crippen LogP contribution in [-0.4, -0.2) is 117 Å². The summed E-state index contributed by atoms with van der Waals surface area (Å²) in [6, 6.07) is 1.63. The highest BCUT2D eigenvalue weighted by atomic mass is 16.6. The third kappa shape index (κ3) is 18.0. The van der Waals surface area contributed by atoms with E-state index >= 15 is 0 Å². The van der Waals surface area contributed by atoms with Gasteiger partial charge in [0.2, 0.25) is 11.8 Å². The van der Waals surface area contributed by atoms with Crippen LogP contribution in [0.15, 0.2) is 24.3 Å². The van der Waals surface area contributed by atoms with Crippen LogP contribution in [-0.2, 0) is 32.3 Å². The Balaban J connectivity index is 1.68. The molecule has 24 heteroatoms. The molecule has 2 aromatic rings. The topological polar surface area (TPSA) is 336 Å². The van der Waals surface area contributed by atoms with Crippen LogP contribution >= 0.6 is 0 Å². The first kappa shape index (κ1) is 51.6. The molecule has 2 amide bonds. The molecule has 2 rings (SSSR count). The fourth-order valence-electron chi connectivity index (χ4n) is 6.45. The van der Waals surface area contributed by atoms with Crippen LogP contribution in [0.1, 0.15) is 88.2 Å². The van der Waals surface area contributed by atoms with Crippen molar-refractivity contribution in [1.29, 1.82) is 0 Å². The maximum Gasteiger partial charge on any atom is 0.326 e. The number of nitro groups is 4. The number of amides is 2. The van der Waals surface area contributed by atoms with Crippen molar-refractivity contribution in [3.05, 3.63) is 75.8 Å². The summed E-state index contributed by atoms with van der Waals surface area (Å²) in [5, 5.41) is 76.7. The number of unbranched alkanes of at least 4 members (excludes halogenated alkanes) is 5. The molecule has 0 aliphatic rings. The SMILES string of the molecule is CN(C)Cc1cc(NC(CCCCNC(=O)CCCCCCC(=O)NCCCCC(Nc2cc(CN(C)C)c([N+](=O)[O-])cc2[N+](=O)[O-])C(=O)O)C(=O)O)c([N+](=O)[O-])cc1[N+](=O)[O-]. The van der Waals surface area contributed by atoms with Gasteiger partial charge in [-0.15, -0.1) is 0 Å². The second-order valence-electron chi connectivity index (χ2n) is 15.2. The molecule has 342 valence electrons. The van der Waals surface area contributed by atoms with Crippen molar-refractivity contribution in [2.45, 2.75) is 102 Å². The van der Waals surface area contributed by atoms with Gasteiger partial charge in [-0.25, -0.2) is 9.59 Å². The molecule has 0 aliphatic carbocycles. The van der Waals surface area contributed by atoms with E-state index in [1.165, 1.54) is 12.1 Å². The van der Waals surface area contributed by atoms with Crippen molar-refractivity contribution in [2.24, 2.45) is 0 Å². The van der Waals surface area contributed by atoms with Crippen LogP contribution in [0.3, 0.4) is 0 Å². The molecular weight excluding hydrogens is 820 g/mol. The van der Waals surface area contributed by atoms with Crippen molar-refractivity contribution in [1.82, 2.24) is 20.4 Å². The van der Waals surface area contributed by atoms with Crippen LogP contribution in [0, 0.1) is 40.5 Å². The molecule has 0 aliphatic heterocycles. The first-order valence-corrected chi connectivity index (χ1v) is 19.9. The average Bonchev–Trinajstić information content (AvgIpc) is 3.16. The lowest BCUT2D eigenvalue weighted by atomic mass is 10.1. The Labute approximate surface area is 357 Å². The van der Waals surface area contributed by atoms with E-state index in [1.54, 1.807) is 38.0 Å². The molecule has 0 fully saturated rings. The fraction of sp³-hybridized carbons (Fsp3) is 0.579. The lowest BCUT2D eigenvalue weighted by molar-refractivity contribution is -0.394. The van der Waals surface area contributed by atoms with E-state index in [0.29, 0.717) is 51.4 Å². The Morgan fingerprint density at radius 2 is 0.871 bits per heavy atom. The molecule has 2 unspecified atom stereocenters. The molecule has 0 saturated heterocycles. The molecular formula is C38H56N10O14. The third-order valence-corrected chi connectivity index (χ3v) is 9.45. The highest BCUT2D eigenvalue weighted by Crippen LogP contribution is 2.35. The minimum atomic E-state index is -1.26. The van der Waals surface area contributed by atoms with Gasteiger partial charge in [0.25, 0.3) is 22.7 Å². The quantitative estimate of drug-likeness (QED) is 0.0337. The van der Waals surface area contributed by atoms with Gasteiger partial charge in [0.1, 0.15) is 23.5 Å². The molecule has 0 saturated carbocycles. The zero-order chi connectivity index (χ0) is 46.5. The van der Waals surface area contributed by atoms with Crippen molar-refractivity contribution < 1.29 is 49.1 Å². The normalized spacial score (nSPS) is 12.0. The van der Waals surface area contributed by atoms with Gasteiger partial charge >= 0.3 is 11.9 Å². The van der Waals surface area contributed by atoms with E-state index in [-0.39, 0.29) is 86.2 Å². The maximum absolute atomic E-state index is 12.3. The number of carbonyl (C=O) groups excluding carboxylic acids is 2. The predicted molar refractivity (Wildman–Crippen MR) is 226 cm³/mol. The first-order valence-electron chi connectivity index (χ1n) is 19.9. The van der Waals surface area contributed by atoms with E-state index < -0.39 is 66.5 Å². The van der Waals surface area contributed by atoms with Crippen LogP contribution in [0.2, 0.25) is 0 Å². The van der Waals surface area contributed by atoms with Gasteiger partial charge in [-0.05, 0) is 91.7 Å². The van der Waals surface area contributed by atoms with Gasteiger partial charge in [0.15, 0.2) is 0 Å². The Kier molecular flexibility index (Phi) is 21.6. The van der Waals surface area contributed by atoms with Crippen molar-refractivity contribution in [3.63, 3.8) is 0 Å². The van der Waals surface area contributed by atoms with Crippen LogP contribution in [0.25, 0.3) is 0 Å². The van der Waals surface area contributed by atoms with Gasteiger partial charge in [-0.3, -0.25) is 50.0 Å². The Morgan fingerprint density at radius 1 is 0.532 bits per heavy atom. The Morgan fingerprint density at radius 3 is 1.16 bits per heavy atom. The summed E-state index contributed by atoms with van der Waals surface area (Å²) >= 11 is 0. The number of aliphatic carboxylic acids is 2. The second kappa shape index (κ2) is 25.9. The number of carbonyl (C=O) groups is 4. The lowest BCUT2D eigenvalue weighted by Gasteiger charge is -2.17. The molecule has 0 bridgehead atoms. The maximum atomic E-state index is 12.3. The number of hydrogen-bond donors (Lipinski definition) is 6. The molecule has 0 heterocycles. The summed E-state index contributed by atoms with van der Waals surface area (Å²) in [5.74, 6) is -2.91. The highest BCUT2D eigenvalue weighted by Gasteiger charge is 2.29. The summed E-state index contributed by atoms with van der Waals surface area (Å²) in [7, 11) is 6.66. The van der Waals surface area contributed by atoms with E-state index in [9.17, 15) is 69.8 Å². The number of benzene rings is 2. The summed E-state index contributed by atoms with van der Waals surface area (Å²) in [6.45, 7) is 0.750. The van der Waals surface area contributed by atoms with Gasteiger partial charge in [0, 0.05) is 50.1 Å². The molecule has 24 nitrogen and oxygen atoms in total. The summed E-state index contributed by atoms with van der Waals surface area (Å²) in [4.78, 5) is 95.1. The number of carboxylic acids is 2. The molecule has 0 spiro atoms. The third-order valence-electron chi connectivity index (χ3n) is 9.45. The summed E-state index contributed by atoms with van der Waals surface area (Å²) < 4.78 is 0. The first-order chi connectivity index (χ1) is 29.2. The van der Waals surface area contributed by atoms with Crippen LogP contribution in [0.5, 0.6) is 0 Å². The zero-order valence-corrected chi connectivity index (χ0v) is 35.3. The highest BCUT2D eigenvalue weighted by molar-refractivity contribution is 5.81. The number of nitrogens with zero attached hydrogens (tertiary/aromatic N) is 6. The van der Waals surface area contributed by atoms with E-state index in [2.05, 4.69) is 21.3 Å².